The summed E-state index contributed by atoms with van der Waals surface area (Å²) in [5, 5.41) is 21.2. The SMILES string of the molecule is CC(CC1CC1)Nc1c(C(=O)O)nnc2ccccc12. The van der Waals surface area contributed by atoms with Crippen LogP contribution in [0.15, 0.2) is 24.3 Å². The second-order valence-electron chi connectivity index (χ2n) is 5.47. The largest absolute Gasteiger partial charge is 0.476 e. The summed E-state index contributed by atoms with van der Waals surface area (Å²) in [6.07, 6.45) is 3.63. The number of nitrogens with one attached hydrogen (secondary N) is 1. The van der Waals surface area contributed by atoms with Crippen LogP contribution in [0.1, 0.15) is 36.7 Å². The maximum absolute atomic E-state index is 11.3. The number of aromatic carboxylic acids is 1. The van der Waals surface area contributed by atoms with E-state index in [1.165, 1.54) is 12.8 Å². The molecular weight excluding hydrogens is 254 g/mol. The molecule has 2 N–H and O–H groups in total. The number of hydrogen-bond acceptors (Lipinski definition) is 4. The van der Waals surface area contributed by atoms with Crippen LogP contribution in [0.25, 0.3) is 10.9 Å². The van der Waals surface area contributed by atoms with Crippen molar-refractivity contribution < 1.29 is 9.90 Å². The molecule has 2 aromatic rings. The lowest BCUT2D eigenvalue weighted by atomic mass is 10.1. The van der Waals surface area contributed by atoms with Crippen molar-refractivity contribution in [3.05, 3.63) is 30.0 Å². The van der Waals surface area contributed by atoms with Gasteiger partial charge in [-0.05, 0) is 25.3 Å². The van der Waals surface area contributed by atoms with Crippen molar-refractivity contribution in [2.24, 2.45) is 5.92 Å². The minimum absolute atomic E-state index is 0.00801. The van der Waals surface area contributed by atoms with Crippen molar-refractivity contribution in [2.75, 3.05) is 5.32 Å². The number of anilines is 1. The van der Waals surface area contributed by atoms with Crippen LogP contribution in [-0.2, 0) is 0 Å². The Morgan fingerprint density at radius 2 is 2.15 bits per heavy atom. The zero-order valence-electron chi connectivity index (χ0n) is 11.3. The van der Waals surface area contributed by atoms with Crippen molar-refractivity contribution in [2.45, 2.75) is 32.2 Å². The standard InChI is InChI=1S/C15H17N3O2/c1-9(8-10-6-7-10)16-13-11-4-2-3-5-12(11)17-18-14(13)15(19)20/h2-5,9-10H,6-8H2,1H3,(H,16,17)(H,19,20). The third kappa shape index (κ3) is 2.57. The summed E-state index contributed by atoms with van der Waals surface area (Å²) < 4.78 is 0. The summed E-state index contributed by atoms with van der Waals surface area (Å²) in [5.74, 6) is -0.267. The Morgan fingerprint density at radius 3 is 2.85 bits per heavy atom. The van der Waals surface area contributed by atoms with Gasteiger partial charge in [-0.2, -0.15) is 0 Å². The Morgan fingerprint density at radius 1 is 1.40 bits per heavy atom. The molecule has 0 amide bonds. The van der Waals surface area contributed by atoms with Crippen LogP contribution in [-0.4, -0.2) is 27.3 Å². The minimum atomic E-state index is -1.05. The monoisotopic (exact) mass is 271 g/mol. The fraction of sp³-hybridized carbons (Fsp3) is 0.400. The van der Waals surface area contributed by atoms with E-state index in [-0.39, 0.29) is 11.7 Å². The Bertz CT molecular complexity index is 653. The van der Waals surface area contributed by atoms with E-state index in [4.69, 9.17) is 0 Å². The summed E-state index contributed by atoms with van der Waals surface area (Å²) in [6.45, 7) is 2.08. The van der Waals surface area contributed by atoms with Crippen LogP contribution >= 0.6 is 0 Å². The Labute approximate surface area is 117 Å². The molecule has 1 aliphatic rings. The summed E-state index contributed by atoms with van der Waals surface area (Å²) in [6, 6.07) is 7.70. The molecule has 1 aromatic heterocycles. The van der Waals surface area contributed by atoms with Gasteiger partial charge in [0.25, 0.3) is 0 Å². The number of rotatable bonds is 5. The molecule has 5 heteroatoms. The van der Waals surface area contributed by atoms with Crippen LogP contribution in [0.5, 0.6) is 0 Å². The van der Waals surface area contributed by atoms with Gasteiger partial charge >= 0.3 is 5.97 Å². The van der Waals surface area contributed by atoms with Crippen molar-refractivity contribution >= 4 is 22.6 Å². The lowest BCUT2D eigenvalue weighted by Crippen LogP contribution is -2.19. The van der Waals surface area contributed by atoms with Crippen molar-refractivity contribution in [3.63, 3.8) is 0 Å². The molecule has 1 heterocycles. The van der Waals surface area contributed by atoms with Gasteiger partial charge in [-0.25, -0.2) is 4.79 Å². The fourth-order valence-electron chi connectivity index (χ4n) is 2.51. The van der Waals surface area contributed by atoms with E-state index >= 15 is 0 Å². The Hall–Kier alpha value is -2.17. The first-order chi connectivity index (χ1) is 9.65. The van der Waals surface area contributed by atoms with E-state index in [1.54, 1.807) is 0 Å². The fourth-order valence-corrected chi connectivity index (χ4v) is 2.51. The van der Waals surface area contributed by atoms with Gasteiger partial charge in [0, 0.05) is 11.4 Å². The smallest absolute Gasteiger partial charge is 0.358 e. The number of hydrogen-bond donors (Lipinski definition) is 2. The number of carboxylic acid groups (broad SMARTS) is 1. The molecule has 0 saturated heterocycles. The topological polar surface area (TPSA) is 75.1 Å². The summed E-state index contributed by atoms with van der Waals surface area (Å²) >= 11 is 0. The number of carboxylic acids is 1. The molecule has 1 atom stereocenters. The first-order valence-electron chi connectivity index (χ1n) is 6.90. The number of fused-ring (bicyclic) bond motifs is 1. The summed E-state index contributed by atoms with van der Waals surface area (Å²) in [7, 11) is 0. The van der Waals surface area contributed by atoms with Crippen molar-refractivity contribution in [3.8, 4) is 0 Å². The maximum atomic E-state index is 11.3. The van der Waals surface area contributed by atoms with Gasteiger partial charge in [-0.15, -0.1) is 10.2 Å². The molecule has 1 fully saturated rings. The molecule has 0 bridgehead atoms. The molecule has 1 aliphatic carbocycles. The number of carbonyl (C=O) groups is 1. The lowest BCUT2D eigenvalue weighted by molar-refractivity contribution is 0.0690. The lowest BCUT2D eigenvalue weighted by Gasteiger charge is -2.17. The van der Waals surface area contributed by atoms with E-state index in [2.05, 4.69) is 22.4 Å². The predicted octanol–water partition coefficient (Wildman–Crippen LogP) is 2.93. The van der Waals surface area contributed by atoms with Crippen LogP contribution in [0.4, 0.5) is 5.69 Å². The quantitative estimate of drug-likeness (QED) is 0.874. The van der Waals surface area contributed by atoms with Crippen LogP contribution < -0.4 is 5.32 Å². The molecule has 0 radical (unpaired) electrons. The minimum Gasteiger partial charge on any atom is -0.476 e. The maximum Gasteiger partial charge on any atom is 0.358 e. The van der Waals surface area contributed by atoms with Crippen molar-refractivity contribution in [1.29, 1.82) is 0 Å². The van der Waals surface area contributed by atoms with E-state index in [9.17, 15) is 9.90 Å². The molecule has 1 aromatic carbocycles. The van der Waals surface area contributed by atoms with Gasteiger partial charge in [0.2, 0.25) is 0 Å². The highest BCUT2D eigenvalue weighted by Gasteiger charge is 2.25. The average molecular weight is 271 g/mol. The van der Waals surface area contributed by atoms with Gasteiger partial charge in [0.1, 0.15) is 0 Å². The molecule has 20 heavy (non-hydrogen) atoms. The number of nitrogens with zero attached hydrogens (tertiary/aromatic N) is 2. The molecular formula is C15H17N3O2. The van der Waals surface area contributed by atoms with Gasteiger partial charge in [-0.1, -0.05) is 31.0 Å². The van der Waals surface area contributed by atoms with Crippen LogP contribution in [0, 0.1) is 5.92 Å². The van der Waals surface area contributed by atoms with E-state index in [0.717, 1.165) is 17.7 Å². The summed E-state index contributed by atoms with van der Waals surface area (Å²) in [4.78, 5) is 11.3. The van der Waals surface area contributed by atoms with Gasteiger partial charge in [0.15, 0.2) is 5.69 Å². The molecule has 3 rings (SSSR count). The zero-order chi connectivity index (χ0) is 14.1. The van der Waals surface area contributed by atoms with E-state index < -0.39 is 5.97 Å². The summed E-state index contributed by atoms with van der Waals surface area (Å²) in [5.41, 5.74) is 1.28. The number of aromatic nitrogens is 2. The molecule has 0 aliphatic heterocycles. The molecule has 1 saturated carbocycles. The van der Waals surface area contributed by atoms with E-state index in [1.807, 2.05) is 24.3 Å². The van der Waals surface area contributed by atoms with Gasteiger partial charge in [0.05, 0.1) is 11.2 Å². The third-order valence-electron chi connectivity index (χ3n) is 3.65. The normalized spacial score (nSPS) is 16.1. The Balaban J connectivity index is 1.99. The first kappa shape index (κ1) is 12.8. The predicted molar refractivity (Wildman–Crippen MR) is 76.9 cm³/mol. The second kappa shape index (κ2) is 5.07. The third-order valence-corrected chi connectivity index (χ3v) is 3.65. The molecule has 0 spiro atoms. The molecule has 5 nitrogen and oxygen atoms in total. The highest BCUT2D eigenvalue weighted by atomic mass is 16.4. The van der Waals surface area contributed by atoms with Crippen LogP contribution in [0.3, 0.4) is 0 Å². The van der Waals surface area contributed by atoms with E-state index in [0.29, 0.717) is 11.2 Å². The highest BCUT2D eigenvalue weighted by molar-refractivity contribution is 6.02. The number of benzene rings is 1. The van der Waals surface area contributed by atoms with Gasteiger partial charge < -0.3 is 10.4 Å². The molecule has 104 valence electrons. The average Bonchev–Trinajstić information content (AvgIpc) is 3.22. The second-order valence-corrected chi connectivity index (χ2v) is 5.47. The molecule has 1 unspecified atom stereocenters. The highest BCUT2D eigenvalue weighted by Crippen LogP contribution is 2.35. The first-order valence-corrected chi connectivity index (χ1v) is 6.90. The van der Waals surface area contributed by atoms with Crippen molar-refractivity contribution in [1.82, 2.24) is 10.2 Å². The van der Waals surface area contributed by atoms with Gasteiger partial charge in [-0.3, -0.25) is 0 Å². The Kier molecular flexibility index (Phi) is 3.26. The van der Waals surface area contributed by atoms with Crippen LogP contribution in [0.2, 0.25) is 0 Å². The zero-order valence-corrected chi connectivity index (χ0v) is 11.3.